The molecule has 1 amide bonds. The van der Waals surface area contributed by atoms with E-state index in [1.165, 1.54) is 0 Å². The number of amides is 1. The normalized spacial score (nSPS) is 11.1. The quantitative estimate of drug-likeness (QED) is 0.750. The average molecular weight is 351 g/mol. The Morgan fingerprint density at radius 3 is 2.43 bits per heavy atom. The molecule has 0 saturated heterocycles. The molecule has 1 rings (SSSR count). The first-order chi connectivity index (χ1) is 10.4. The number of benzene rings is 1. The van der Waals surface area contributed by atoms with E-state index in [0.29, 0.717) is 24.3 Å². The average Bonchev–Trinajstić information content (AvgIpc) is 2.50. The minimum absolute atomic E-state index is 0. The Kier molecular flexibility index (Phi) is 9.09. The van der Waals surface area contributed by atoms with Gasteiger partial charge in [0, 0.05) is 18.3 Å². The summed E-state index contributed by atoms with van der Waals surface area (Å²) in [5.41, 5.74) is 6.38. The van der Waals surface area contributed by atoms with Gasteiger partial charge < -0.3 is 15.8 Å². The predicted octanol–water partition coefficient (Wildman–Crippen LogP) is 3.76. The van der Waals surface area contributed by atoms with Crippen LogP contribution < -0.4 is 15.8 Å². The van der Waals surface area contributed by atoms with Crippen LogP contribution >= 0.6 is 12.4 Å². The first-order valence-electron chi connectivity index (χ1n) is 7.41. The first kappa shape index (κ1) is 21.6. The summed E-state index contributed by atoms with van der Waals surface area (Å²) in [7, 11) is 0. The maximum atomic E-state index is 12.4. The lowest BCUT2D eigenvalue weighted by Crippen LogP contribution is -2.41. The molecule has 0 spiro atoms. The van der Waals surface area contributed by atoms with Gasteiger partial charge in [0.2, 0.25) is 5.91 Å². The molecule has 0 aromatic heterocycles. The van der Waals surface area contributed by atoms with Crippen molar-refractivity contribution in [2.45, 2.75) is 40.0 Å². The number of anilines is 1. The lowest BCUT2D eigenvalue weighted by molar-refractivity contribution is -0.125. The van der Waals surface area contributed by atoms with E-state index < -0.39 is 18.4 Å². The zero-order valence-corrected chi connectivity index (χ0v) is 14.5. The summed E-state index contributed by atoms with van der Waals surface area (Å²) in [6.07, 6.45) is -1.28. The molecule has 7 heteroatoms. The summed E-state index contributed by atoms with van der Waals surface area (Å²) in [4.78, 5) is 12.4. The molecule has 1 aromatic rings. The monoisotopic (exact) mass is 350 g/mol. The highest BCUT2D eigenvalue weighted by atomic mass is 35.5. The van der Waals surface area contributed by atoms with Crippen LogP contribution in [-0.2, 0) is 4.79 Å². The summed E-state index contributed by atoms with van der Waals surface area (Å²) in [5.74, 6) is 0.174. The molecule has 132 valence electrons. The van der Waals surface area contributed by atoms with Crippen molar-refractivity contribution in [2.24, 2.45) is 11.1 Å². The number of carbonyl (C=O) groups excluding carboxylic acids is 1. The van der Waals surface area contributed by atoms with Crippen molar-refractivity contribution in [1.82, 2.24) is 0 Å². The molecule has 0 fully saturated rings. The summed E-state index contributed by atoms with van der Waals surface area (Å²) in [6, 6.07) is 5.00. The van der Waals surface area contributed by atoms with Crippen LogP contribution in [0, 0.1) is 12.3 Å². The molecular formula is C16H25ClF2N2O2. The number of rotatable bonds is 8. The molecular weight excluding hydrogens is 326 g/mol. The van der Waals surface area contributed by atoms with Gasteiger partial charge in [-0.3, -0.25) is 4.79 Å². The van der Waals surface area contributed by atoms with Gasteiger partial charge in [-0.2, -0.15) is 0 Å². The van der Waals surface area contributed by atoms with E-state index in [0.717, 1.165) is 5.56 Å². The molecule has 0 heterocycles. The molecule has 0 saturated carbocycles. The van der Waals surface area contributed by atoms with Crippen LogP contribution in [-0.4, -0.2) is 25.5 Å². The van der Waals surface area contributed by atoms with Crippen LogP contribution in [0.1, 0.15) is 32.3 Å². The van der Waals surface area contributed by atoms with Crippen molar-refractivity contribution in [1.29, 1.82) is 0 Å². The Morgan fingerprint density at radius 1 is 1.35 bits per heavy atom. The molecule has 0 aliphatic rings. The van der Waals surface area contributed by atoms with Crippen LogP contribution in [0.15, 0.2) is 18.2 Å². The Labute approximate surface area is 142 Å². The maximum Gasteiger partial charge on any atom is 0.272 e. The number of hydrogen-bond donors (Lipinski definition) is 2. The number of nitrogens with one attached hydrogen (secondary N) is 1. The van der Waals surface area contributed by atoms with E-state index in [1.807, 2.05) is 13.8 Å². The number of halogens is 3. The summed E-state index contributed by atoms with van der Waals surface area (Å²) in [6.45, 7) is 5.18. The van der Waals surface area contributed by atoms with Gasteiger partial charge >= 0.3 is 0 Å². The van der Waals surface area contributed by atoms with E-state index in [2.05, 4.69) is 5.32 Å². The number of aryl methyl sites for hydroxylation is 1. The SMILES string of the molecule is CCC(CC)(CN)C(=O)Nc1ccc(C)c(OCC(F)F)c1.Cl. The van der Waals surface area contributed by atoms with Gasteiger partial charge in [0.15, 0.2) is 0 Å². The van der Waals surface area contributed by atoms with Crippen LogP contribution in [0.3, 0.4) is 0 Å². The Bertz CT molecular complexity index is 501. The number of hydrogen-bond acceptors (Lipinski definition) is 3. The third-order valence-corrected chi connectivity index (χ3v) is 4.04. The van der Waals surface area contributed by atoms with Crippen LogP contribution in [0.2, 0.25) is 0 Å². The number of carbonyl (C=O) groups is 1. The molecule has 3 N–H and O–H groups in total. The molecule has 0 aliphatic heterocycles. The molecule has 0 aliphatic carbocycles. The minimum Gasteiger partial charge on any atom is -0.487 e. The van der Waals surface area contributed by atoms with Crippen LogP contribution in [0.5, 0.6) is 5.75 Å². The van der Waals surface area contributed by atoms with Gasteiger partial charge in [0.1, 0.15) is 12.4 Å². The highest BCUT2D eigenvalue weighted by Gasteiger charge is 2.33. The third-order valence-electron chi connectivity index (χ3n) is 4.04. The minimum atomic E-state index is -2.54. The van der Waals surface area contributed by atoms with Gasteiger partial charge in [-0.05, 0) is 31.4 Å². The fourth-order valence-corrected chi connectivity index (χ4v) is 2.20. The van der Waals surface area contributed by atoms with E-state index in [4.69, 9.17) is 10.5 Å². The van der Waals surface area contributed by atoms with Gasteiger partial charge in [0.05, 0.1) is 5.41 Å². The molecule has 0 radical (unpaired) electrons. The second-order valence-electron chi connectivity index (χ2n) is 5.33. The van der Waals surface area contributed by atoms with E-state index in [1.54, 1.807) is 25.1 Å². The second-order valence-corrected chi connectivity index (χ2v) is 5.33. The zero-order chi connectivity index (χ0) is 16.8. The Morgan fingerprint density at radius 2 is 1.96 bits per heavy atom. The van der Waals surface area contributed by atoms with Gasteiger partial charge in [0.25, 0.3) is 6.43 Å². The fraction of sp³-hybridized carbons (Fsp3) is 0.562. The highest BCUT2D eigenvalue weighted by Crippen LogP contribution is 2.29. The molecule has 1 aromatic carbocycles. The number of nitrogens with two attached hydrogens (primary N) is 1. The van der Waals surface area contributed by atoms with Crippen molar-refractivity contribution in [3.63, 3.8) is 0 Å². The molecule has 4 nitrogen and oxygen atoms in total. The fourth-order valence-electron chi connectivity index (χ4n) is 2.20. The topological polar surface area (TPSA) is 64.4 Å². The van der Waals surface area contributed by atoms with E-state index in [9.17, 15) is 13.6 Å². The molecule has 0 bridgehead atoms. The lowest BCUT2D eigenvalue weighted by Gasteiger charge is -2.28. The second kappa shape index (κ2) is 9.67. The number of ether oxygens (including phenoxy) is 1. The Hall–Kier alpha value is -1.40. The zero-order valence-electron chi connectivity index (χ0n) is 13.7. The largest absolute Gasteiger partial charge is 0.487 e. The van der Waals surface area contributed by atoms with Crippen molar-refractivity contribution >= 4 is 24.0 Å². The van der Waals surface area contributed by atoms with Crippen molar-refractivity contribution in [2.75, 3.05) is 18.5 Å². The lowest BCUT2D eigenvalue weighted by atomic mass is 9.81. The predicted molar refractivity (Wildman–Crippen MR) is 90.6 cm³/mol. The molecule has 0 atom stereocenters. The number of alkyl halides is 2. The van der Waals surface area contributed by atoms with Crippen molar-refractivity contribution in [3.05, 3.63) is 23.8 Å². The first-order valence-corrected chi connectivity index (χ1v) is 7.41. The van der Waals surface area contributed by atoms with E-state index in [-0.39, 0.29) is 24.9 Å². The third kappa shape index (κ3) is 5.62. The summed E-state index contributed by atoms with van der Waals surface area (Å²) >= 11 is 0. The van der Waals surface area contributed by atoms with Crippen LogP contribution in [0.25, 0.3) is 0 Å². The maximum absolute atomic E-state index is 12.4. The summed E-state index contributed by atoms with van der Waals surface area (Å²) < 4.78 is 29.6. The standard InChI is InChI=1S/C16H24F2N2O2.ClH/c1-4-16(5-2,10-19)15(21)20-12-7-6-11(3)13(8-12)22-9-14(17)18;/h6-8,14H,4-5,9-10,19H2,1-3H3,(H,20,21);1H. The van der Waals surface area contributed by atoms with Crippen molar-refractivity contribution in [3.8, 4) is 5.75 Å². The molecule has 0 unspecified atom stereocenters. The highest BCUT2D eigenvalue weighted by molar-refractivity contribution is 5.95. The van der Waals surface area contributed by atoms with Crippen molar-refractivity contribution < 1.29 is 18.3 Å². The van der Waals surface area contributed by atoms with Crippen LogP contribution in [0.4, 0.5) is 14.5 Å². The summed E-state index contributed by atoms with van der Waals surface area (Å²) in [5, 5.41) is 2.80. The molecule has 23 heavy (non-hydrogen) atoms. The van der Waals surface area contributed by atoms with Gasteiger partial charge in [-0.1, -0.05) is 19.9 Å². The smallest absolute Gasteiger partial charge is 0.272 e. The Balaban J connectivity index is 0.00000484. The van der Waals surface area contributed by atoms with Gasteiger partial charge in [-0.15, -0.1) is 12.4 Å². The van der Waals surface area contributed by atoms with E-state index >= 15 is 0 Å². The van der Waals surface area contributed by atoms with Gasteiger partial charge in [-0.25, -0.2) is 8.78 Å².